The summed E-state index contributed by atoms with van der Waals surface area (Å²) in [5.74, 6) is -0.638. The fourth-order valence-electron chi connectivity index (χ4n) is 8.80. The summed E-state index contributed by atoms with van der Waals surface area (Å²) in [6.45, 7) is 9.61. The van der Waals surface area contributed by atoms with Gasteiger partial charge in [0.05, 0.1) is 22.0 Å². The van der Waals surface area contributed by atoms with Gasteiger partial charge in [0.1, 0.15) is 6.54 Å². The van der Waals surface area contributed by atoms with Crippen LogP contribution in [-0.2, 0) is 31.1 Å². The van der Waals surface area contributed by atoms with Gasteiger partial charge in [-0.1, -0.05) is 86.1 Å². The molecule has 2 N–H and O–H groups in total. The Morgan fingerprint density at radius 3 is 2.07 bits per heavy atom. The summed E-state index contributed by atoms with van der Waals surface area (Å²) in [5.41, 5.74) is 11.2. The second-order valence-electron chi connectivity index (χ2n) is 15.6. The molecule has 0 aromatic heterocycles. The maximum atomic E-state index is 11.6. The highest BCUT2D eigenvalue weighted by Crippen LogP contribution is 2.51. The largest absolute Gasteiger partial charge is 0.344 e. The molecular weight excluding hydrogens is 740 g/mol. The van der Waals surface area contributed by atoms with Gasteiger partial charge in [0.25, 0.3) is 20.2 Å². The predicted octanol–water partition coefficient (Wildman–Crippen LogP) is 9.37. The standard InChI is InChI=1S/C43H45ClN2O6S2/c1-42(2)37(45(25-9-27-53(47,48)49)35-21-17-29-11-5-7-13-33(29)39(35)42)23-19-31-15-16-32(41(31)44)20-24-38-43(3,4)40-34-14-8-6-12-30(34)18-22-36(40)46(38)26-10-28-54(50,51)52/h5-8,11-14,17-18,21-24H,9-10,15-16,19,25-28H2,1-4H3,(H-,47,48,49,50,51,52)/p+1. The fourth-order valence-corrected chi connectivity index (χ4v) is 10.1. The lowest BCUT2D eigenvalue weighted by Gasteiger charge is -2.27. The minimum Gasteiger partial charge on any atom is -0.344 e. The van der Waals surface area contributed by atoms with Crippen LogP contribution in [0, 0.1) is 0 Å². The molecule has 0 amide bonds. The highest BCUT2D eigenvalue weighted by Gasteiger charge is 2.46. The fraction of sp³-hybridized carbons (Fsp3) is 0.349. The number of fused-ring (bicyclic) bond motifs is 6. The maximum Gasteiger partial charge on any atom is 0.265 e. The summed E-state index contributed by atoms with van der Waals surface area (Å²) in [5, 5.41) is 5.26. The van der Waals surface area contributed by atoms with Crippen LogP contribution in [0.2, 0.25) is 0 Å². The summed E-state index contributed by atoms with van der Waals surface area (Å²) in [4.78, 5) is 2.20. The first kappa shape index (κ1) is 38.3. The zero-order valence-electron chi connectivity index (χ0n) is 31.1. The van der Waals surface area contributed by atoms with E-state index in [0.29, 0.717) is 24.5 Å². The van der Waals surface area contributed by atoms with Crippen LogP contribution in [0.4, 0.5) is 11.4 Å². The number of benzene rings is 4. The predicted molar refractivity (Wildman–Crippen MR) is 220 cm³/mol. The number of hydrogen-bond donors (Lipinski definition) is 2. The molecule has 8 nitrogen and oxygen atoms in total. The number of rotatable bonds is 11. The molecule has 0 unspecified atom stereocenters. The molecule has 2 aliphatic heterocycles. The molecule has 0 fully saturated rings. The Morgan fingerprint density at radius 1 is 0.796 bits per heavy atom. The number of nitrogens with zero attached hydrogens (tertiary/aromatic N) is 2. The SMILES string of the molecule is CC1(C)C(=CCC2=C(Cl)C(=C=CC3=[N+](CCCS(=O)(=O)O)c4ccc5ccccc5c4C3(C)C)CC2)N(CCCS(=O)(=O)O)c2ccc3ccccc3c21. The monoisotopic (exact) mass is 785 g/mol. The molecule has 1 aliphatic carbocycles. The van der Waals surface area contributed by atoms with Gasteiger partial charge in [-0.15, -0.1) is 5.73 Å². The molecule has 54 heavy (non-hydrogen) atoms. The topological polar surface area (TPSA) is 115 Å². The molecule has 11 heteroatoms. The van der Waals surface area contributed by atoms with Crippen molar-refractivity contribution in [3.05, 3.63) is 124 Å². The molecule has 3 aliphatic rings. The molecule has 0 bridgehead atoms. The third kappa shape index (κ3) is 7.24. The Kier molecular flexibility index (Phi) is 10.1. The van der Waals surface area contributed by atoms with Gasteiger partial charge in [-0.2, -0.15) is 21.4 Å². The summed E-state index contributed by atoms with van der Waals surface area (Å²) in [6.07, 6.45) is 6.88. The summed E-state index contributed by atoms with van der Waals surface area (Å²) < 4.78 is 67.7. The van der Waals surface area contributed by atoms with Crippen molar-refractivity contribution >= 4 is 70.5 Å². The van der Waals surface area contributed by atoms with E-state index >= 15 is 0 Å². The Labute approximate surface area is 323 Å². The van der Waals surface area contributed by atoms with Crippen LogP contribution in [0.25, 0.3) is 21.5 Å². The van der Waals surface area contributed by atoms with Gasteiger partial charge in [0, 0.05) is 53.0 Å². The average molecular weight is 786 g/mol. The Hall–Kier alpha value is -4.02. The molecular formula is C43H46ClN2O6S2+. The van der Waals surface area contributed by atoms with Gasteiger partial charge < -0.3 is 4.90 Å². The first-order valence-electron chi connectivity index (χ1n) is 18.4. The maximum absolute atomic E-state index is 11.6. The molecule has 2 heterocycles. The second-order valence-corrected chi connectivity index (χ2v) is 19.1. The molecule has 0 saturated heterocycles. The Balaban J connectivity index is 1.24. The van der Waals surface area contributed by atoms with Crippen LogP contribution < -0.4 is 4.90 Å². The molecule has 282 valence electrons. The molecule has 0 atom stereocenters. The van der Waals surface area contributed by atoms with Gasteiger partial charge in [0.15, 0.2) is 5.71 Å². The van der Waals surface area contributed by atoms with Crippen molar-refractivity contribution < 1.29 is 30.5 Å². The smallest absolute Gasteiger partial charge is 0.265 e. The quantitative estimate of drug-likeness (QED) is 0.0885. The summed E-state index contributed by atoms with van der Waals surface area (Å²) in [7, 11) is -8.20. The van der Waals surface area contributed by atoms with E-state index in [-0.39, 0.29) is 29.8 Å². The van der Waals surface area contributed by atoms with E-state index in [2.05, 4.69) is 97.5 Å². The van der Waals surface area contributed by atoms with Crippen LogP contribution in [0.1, 0.15) is 70.9 Å². The van der Waals surface area contributed by atoms with E-state index in [9.17, 15) is 25.9 Å². The van der Waals surface area contributed by atoms with Crippen molar-refractivity contribution in [2.45, 2.75) is 70.6 Å². The first-order chi connectivity index (χ1) is 25.5. The zero-order valence-corrected chi connectivity index (χ0v) is 33.5. The minimum atomic E-state index is -4.10. The normalized spacial score (nSPS) is 18.6. The lowest BCUT2D eigenvalue weighted by molar-refractivity contribution is -0.437. The zero-order chi connectivity index (χ0) is 38.6. The highest BCUT2D eigenvalue weighted by atomic mass is 35.5. The van der Waals surface area contributed by atoms with Crippen molar-refractivity contribution in [2.24, 2.45) is 0 Å². The molecule has 0 spiro atoms. The van der Waals surface area contributed by atoms with Crippen LogP contribution in [0.5, 0.6) is 0 Å². The van der Waals surface area contributed by atoms with Crippen molar-refractivity contribution in [3.8, 4) is 0 Å². The van der Waals surface area contributed by atoms with Gasteiger partial charge in [0.2, 0.25) is 5.69 Å². The highest BCUT2D eigenvalue weighted by molar-refractivity contribution is 7.86. The van der Waals surface area contributed by atoms with Gasteiger partial charge >= 0.3 is 0 Å². The molecule has 4 aromatic rings. The Bertz CT molecular complexity index is 2590. The lowest BCUT2D eigenvalue weighted by atomic mass is 9.79. The van der Waals surface area contributed by atoms with Crippen LogP contribution in [0.3, 0.4) is 0 Å². The van der Waals surface area contributed by atoms with Gasteiger partial charge in [-0.05, 0) is 84.3 Å². The van der Waals surface area contributed by atoms with Crippen LogP contribution >= 0.6 is 11.6 Å². The third-order valence-corrected chi connectivity index (χ3v) is 13.4. The van der Waals surface area contributed by atoms with Crippen LogP contribution in [-0.4, -0.2) is 60.8 Å². The molecule has 7 rings (SSSR count). The number of hydrogen-bond acceptors (Lipinski definition) is 5. The van der Waals surface area contributed by atoms with Crippen molar-refractivity contribution in [2.75, 3.05) is 29.5 Å². The summed E-state index contributed by atoms with van der Waals surface area (Å²) >= 11 is 7.14. The van der Waals surface area contributed by atoms with E-state index in [0.717, 1.165) is 68.3 Å². The van der Waals surface area contributed by atoms with Crippen molar-refractivity contribution in [1.82, 2.24) is 0 Å². The average Bonchev–Trinajstić information content (AvgIpc) is 3.64. The molecule has 0 saturated carbocycles. The Morgan fingerprint density at radius 2 is 1.41 bits per heavy atom. The molecule has 4 aromatic carbocycles. The number of halogens is 1. The van der Waals surface area contributed by atoms with Gasteiger partial charge in [-0.3, -0.25) is 9.11 Å². The third-order valence-electron chi connectivity index (χ3n) is 11.3. The van der Waals surface area contributed by atoms with Gasteiger partial charge in [-0.25, -0.2) is 0 Å². The van der Waals surface area contributed by atoms with Crippen molar-refractivity contribution in [3.63, 3.8) is 0 Å². The number of anilines is 1. The minimum absolute atomic E-state index is 0.261. The molecule has 0 radical (unpaired) electrons. The van der Waals surface area contributed by atoms with Crippen molar-refractivity contribution in [1.29, 1.82) is 0 Å². The second kappa shape index (κ2) is 14.2. The van der Waals surface area contributed by atoms with Crippen LogP contribution in [0.15, 0.2) is 113 Å². The lowest BCUT2D eigenvalue weighted by Crippen LogP contribution is -2.28. The summed E-state index contributed by atoms with van der Waals surface area (Å²) in [6, 6.07) is 25.0. The van der Waals surface area contributed by atoms with E-state index < -0.39 is 25.7 Å². The van der Waals surface area contributed by atoms with E-state index in [1.165, 1.54) is 11.1 Å². The van der Waals surface area contributed by atoms with E-state index in [1.54, 1.807) is 0 Å². The number of allylic oxidation sites excluding steroid dienone is 5. The first-order valence-corrected chi connectivity index (χ1v) is 22.0. The van der Waals surface area contributed by atoms with E-state index in [1.807, 2.05) is 30.3 Å². The van der Waals surface area contributed by atoms with E-state index in [4.69, 9.17) is 11.6 Å².